The summed E-state index contributed by atoms with van der Waals surface area (Å²) >= 11 is 1.50. The molecule has 0 aliphatic heterocycles. The minimum absolute atomic E-state index is 0.0459. The standard InChI is InChI=1S/C24H32N2O2S/c1-17-11-13-21(14-12-17)29-16-22(27)26(15-20-10-8-7-9-18(20)2)19(3)23(28)25-24(4,5)6/h7-14,19H,15-16H2,1-6H3,(H,25,28)/t19-/m1/s1. The van der Waals surface area contributed by atoms with Crippen LogP contribution in [0.5, 0.6) is 0 Å². The number of nitrogens with one attached hydrogen (secondary N) is 1. The second-order valence-electron chi connectivity index (χ2n) is 8.47. The molecule has 2 rings (SSSR count). The zero-order valence-corrected chi connectivity index (χ0v) is 19.1. The maximum atomic E-state index is 13.1. The molecule has 5 heteroatoms. The van der Waals surface area contributed by atoms with E-state index in [4.69, 9.17) is 0 Å². The number of thioether (sulfide) groups is 1. The molecular formula is C24H32N2O2S. The van der Waals surface area contributed by atoms with Crippen molar-refractivity contribution in [1.82, 2.24) is 10.2 Å². The van der Waals surface area contributed by atoms with Gasteiger partial charge in [-0.2, -0.15) is 0 Å². The number of aryl methyl sites for hydroxylation is 2. The summed E-state index contributed by atoms with van der Waals surface area (Å²) in [4.78, 5) is 28.6. The Labute approximate surface area is 179 Å². The first-order chi connectivity index (χ1) is 13.6. The Hall–Kier alpha value is -2.27. The molecule has 0 aromatic heterocycles. The molecule has 29 heavy (non-hydrogen) atoms. The van der Waals surface area contributed by atoms with Gasteiger partial charge in [0.15, 0.2) is 0 Å². The summed E-state index contributed by atoms with van der Waals surface area (Å²) in [5.41, 5.74) is 3.00. The highest BCUT2D eigenvalue weighted by molar-refractivity contribution is 8.00. The van der Waals surface area contributed by atoms with Crippen molar-refractivity contribution < 1.29 is 9.59 Å². The average molecular weight is 413 g/mol. The fraction of sp³-hybridized carbons (Fsp3) is 0.417. The van der Waals surface area contributed by atoms with Crippen molar-refractivity contribution in [3.63, 3.8) is 0 Å². The quantitative estimate of drug-likeness (QED) is 0.669. The fourth-order valence-electron chi connectivity index (χ4n) is 2.89. The Balaban J connectivity index is 2.18. The maximum Gasteiger partial charge on any atom is 0.242 e. The minimum atomic E-state index is -0.556. The Morgan fingerprint density at radius 3 is 2.24 bits per heavy atom. The first-order valence-corrected chi connectivity index (χ1v) is 10.9. The number of carbonyl (C=O) groups is 2. The van der Waals surface area contributed by atoms with Gasteiger partial charge in [0, 0.05) is 17.0 Å². The third-order valence-corrected chi connectivity index (χ3v) is 5.65. The van der Waals surface area contributed by atoms with Crippen LogP contribution in [0, 0.1) is 13.8 Å². The molecule has 2 aromatic carbocycles. The van der Waals surface area contributed by atoms with E-state index in [1.807, 2.05) is 83.1 Å². The summed E-state index contributed by atoms with van der Waals surface area (Å²) in [6.07, 6.45) is 0. The fourth-order valence-corrected chi connectivity index (χ4v) is 3.67. The van der Waals surface area contributed by atoms with Gasteiger partial charge < -0.3 is 10.2 Å². The lowest BCUT2D eigenvalue weighted by Crippen LogP contribution is -2.52. The smallest absolute Gasteiger partial charge is 0.242 e. The van der Waals surface area contributed by atoms with Crippen molar-refractivity contribution >= 4 is 23.6 Å². The third kappa shape index (κ3) is 7.24. The summed E-state index contributed by atoms with van der Waals surface area (Å²) in [6, 6.07) is 15.5. The molecule has 1 atom stereocenters. The van der Waals surface area contributed by atoms with E-state index in [0.29, 0.717) is 12.3 Å². The first kappa shape index (κ1) is 23.0. The van der Waals surface area contributed by atoms with Crippen molar-refractivity contribution in [1.29, 1.82) is 0 Å². The van der Waals surface area contributed by atoms with Crippen molar-refractivity contribution in [2.75, 3.05) is 5.75 Å². The number of nitrogens with zero attached hydrogens (tertiary/aromatic N) is 1. The SMILES string of the molecule is Cc1ccc(SCC(=O)N(Cc2ccccc2C)[C@H](C)C(=O)NC(C)(C)C)cc1. The highest BCUT2D eigenvalue weighted by Crippen LogP contribution is 2.21. The zero-order chi connectivity index (χ0) is 21.6. The highest BCUT2D eigenvalue weighted by Gasteiger charge is 2.28. The van der Waals surface area contributed by atoms with E-state index in [1.165, 1.54) is 17.3 Å². The number of rotatable bonds is 7. The Morgan fingerprint density at radius 2 is 1.66 bits per heavy atom. The van der Waals surface area contributed by atoms with Crippen LogP contribution >= 0.6 is 11.8 Å². The third-order valence-electron chi connectivity index (χ3n) is 4.65. The summed E-state index contributed by atoms with van der Waals surface area (Å²) in [5.74, 6) is 0.109. The van der Waals surface area contributed by atoms with Gasteiger partial charge in [-0.05, 0) is 64.8 Å². The van der Waals surface area contributed by atoms with E-state index in [1.54, 1.807) is 11.8 Å². The van der Waals surface area contributed by atoms with Crippen molar-refractivity contribution in [2.24, 2.45) is 0 Å². The monoisotopic (exact) mass is 412 g/mol. The topological polar surface area (TPSA) is 49.4 Å². The van der Waals surface area contributed by atoms with Gasteiger partial charge in [-0.25, -0.2) is 0 Å². The van der Waals surface area contributed by atoms with Crippen LogP contribution in [0.2, 0.25) is 0 Å². The van der Waals surface area contributed by atoms with E-state index in [9.17, 15) is 9.59 Å². The van der Waals surface area contributed by atoms with Gasteiger partial charge in [0.25, 0.3) is 0 Å². The molecule has 2 amide bonds. The summed E-state index contributed by atoms with van der Waals surface area (Å²) < 4.78 is 0. The van der Waals surface area contributed by atoms with Crippen molar-refractivity contribution in [3.8, 4) is 0 Å². The van der Waals surface area contributed by atoms with Crippen LogP contribution < -0.4 is 5.32 Å². The summed E-state index contributed by atoms with van der Waals surface area (Å²) in [7, 11) is 0. The van der Waals surface area contributed by atoms with Crippen LogP contribution in [0.4, 0.5) is 0 Å². The Morgan fingerprint density at radius 1 is 1.03 bits per heavy atom. The van der Waals surface area contributed by atoms with Crippen molar-refractivity contribution in [3.05, 3.63) is 65.2 Å². The first-order valence-electron chi connectivity index (χ1n) is 9.92. The summed E-state index contributed by atoms with van der Waals surface area (Å²) in [5, 5.41) is 3.00. The number of benzene rings is 2. The van der Waals surface area contributed by atoms with Gasteiger partial charge in [0.05, 0.1) is 5.75 Å². The van der Waals surface area contributed by atoms with Gasteiger partial charge in [0.1, 0.15) is 6.04 Å². The Kier molecular flexibility index (Phi) is 7.91. The van der Waals surface area contributed by atoms with Gasteiger partial charge in [0.2, 0.25) is 11.8 Å². The van der Waals surface area contributed by atoms with E-state index >= 15 is 0 Å². The molecule has 156 valence electrons. The second-order valence-corrected chi connectivity index (χ2v) is 9.51. The molecule has 0 heterocycles. The lowest BCUT2D eigenvalue weighted by atomic mass is 10.1. The number of carbonyl (C=O) groups excluding carboxylic acids is 2. The van der Waals surface area contributed by atoms with E-state index in [0.717, 1.165) is 16.0 Å². The molecule has 0 bridgehead atoms. The lowest BCUT2D eigenvalue weighted by Gasteiger charge is -2.31. The number of hydrogen-bond donors (Lipinski definition) is 1. The summed E-state index contributed by atoms with van der Waals surface area (Å²) in [6.45, 7) is 12.1. The van der Waals surface area contributed by atoms with Gasteiger partial charge in [-0.1, -0.05) is 42.0 Å². The van der Waals surface area contributed by atoms with E-state index in [2.05, 4.69) is 5.32 Å². The van der Waals surface area contributed by atoms with Crippen LogP contribution in [-0.2, 0) is 16.1 Å². The molecule has 4 nitrogen and oxygen atoms in total. The highest BCUT2D eigenvalue weighted by atomic mass is 32.2. The Bertz CT molecular complexity index is 841. The largest absolute Gasteiger partial charge is 0.350 e. The molecule has 0 radical (unpaired) electrons. The van der Waals surface area contributed by atoms with Gasteiger partial charge in [-0.15, -0.1) is 11.8 Å². The van der Waals surface area contributed by atoms with Crippen LogP contribution in [0.15, 0.2) is 53.4 Å². The van der Waals surface area contributed by atoms with Crippen molar-refractivity contribution in [2.45, 2.75) is 64.6 Å². The van der Waals surface area contributed by atoms with Crippen LogP contribution in [0.3, 0.4) is 0 Å². The molecule has 2 aromatic rings. The molecule has 0 unspecified atom stereocenters. The second kappa shape index (κ2) is 9.97. The molecule has 0 spiro atoms. The minimum Gasteiger partial charge on any atom is -0.350 e. The van der Waals surface area contributed by atoms with E-state index in [-0.39, 0.29) is 17.4 Å². The van der Waals surface area contributed by atoms with Gasteiger partial charge in [-0.3, -0.25) is 9.59 Å². The predicted octanol–water partition coefficient (Wildman–Crippen LogP) is 4.73. The van der Waals surface area contributed by atoms with Crippen LogP contribution in [-0.4, -0.2) is 34.0 Å². The molecule has 0 fully saturated rings. The lowest BCUT2D eigenvalue weighted by molar-refractivity contribution is -0.139. The van der Waals surface area contributed by atoms with Crippen LogP contribution in [0.25, 0.3) is 0 Å². The predicted molar refractivity (Wildman–Crippen MR) is 121 cm³/mol. The molecule has 0 saturated carbocycles. The normalized spacial score (nSPS) is 12.3. The number of hydrogen-bond acceptors (Lipinski definition) is 3. The molecule has 0 saturated heterocycles. The average Bonchev–Trinajstić information content (AvgIpc) is 2.65. The van der Waals surface area contributed by atoms with Gasteiger partial charge >= 0.3 is 0 Å². The molecule has 0 aliphatic rings. The maximum absolute atomic E-state index is 13.1. The molecular weight excluding hydrogens is 380 g/mol. The molecule has 0 aliphatic carbocycles. The van der Waals surface area contributed by atoms with E-state index < -0.39 is 6.04 Å². The van der Waals surface area contributed by atoms with Crippen LogP contribution in [0.1, 0.15) is 44.4 Å². The number of amides is 2. The molecule has 1 N–H and O–H groups in total. The zero-order valence-electron chi connectivity index (χ0n) is 18.3.